The predicted octanol–water partition coefficient (Wildman–Crippen LogP) is 0.670. The van der Waals surface area contributed by atoms with Gasteiger partial charge in [-0.15, -0.1) is 0 Å². The number of rotatable bonds is 2. The van der Waals surface area contributed by atoms with Gasteiger partial charge in [0.15, 0.2) is 5.52 Å². The molecule has 9 heteroatoms. The Morgan fingerprint density at radius 2 is 1.95 bits per heavy atom. The third kappa shape index (κ3) is 2.19. The van der Waals surface area contributed by atoms with Crippen LogP contribution in [0.4, 0.5) is 0 Å². The fraction of sp³-hybridized carbons (Fsp3) is 0.538. The van der Waals surface area contributed by atoms with Crippen LogP contribution in [-0.4, -0.2) is 49.3 Å². The van der Waals surface area contributed by atoms with Crippen molar-refractivity contribution in [1.29, 1.82) is 0 Å². The van der Waals surface area contributed by atoms with Gasteiger partial charge in [0.05, 0.1) is 5.52 Å². The van der Waals surface area contributed by atoms with Crippen LogP contribution in [0.2, 0.25) is 0 Å². The lowest BCUT2D eigenvalue weighted by Gasteiger charge is -2.25. The third-order valence-corrected chi connectivity index (χ3v) is 5.75. The number of nitrogens with zero attached hydrogens (tertiary/aromatic N) is 3. The summed E-state index contributed by atoms with van der Waals surface area (Å²) in [5, 5.41) is 0. The zero-order valence-electron chi connectivity index (χ0n) is 11.7. The Morgan fingerprint density at radius 3 is 2.64 bits per heavy atom. The van der Waals surface area contributed by atoms with E-state index in [0.29, 0.717) is 23.5 Å². The molecular formula is C13H14N4O3S2. The van der Waals surface area contributed by atoms with Crippen LogP contribution in [0.5, 0.6) is 0 Å². The summed E-state index contributed by atoms with van der Waals surface area (Å²) in [5.41, 5.74) is -0.333. The van der Waals surface area contributed by atoms with Gasteiger partial charge >= 0.3 is 5.69 Å². The van der Waals surface area contributed by atoms with Gasteiger partial charge in [-0.1, -0.05) is 0 Å². The molecule has 0 atom stereocenters. The smallest absolute Gasteiger partial charge is 0.329 e. The molecule has 1 aliphatic heterocycles. The van der Waals surface area contributed by atoms with Gasteiger partial charge in [-0.05, 0) is 24.4 Å². The first kappa shape index (κ1) is 14.0. The van der Waals surface area contributed by atoms with E-state index < -0.39 is 5.69 Å². The average Bonchev–Trinajstić information content (AvgIpc) is 3.27. The Hall–Kier alpha value is -1.61. The maximum absolute atomic E-state index is 12.6. The minimum atomic E-state index is -0.441. The molecule has 0 unspecified atom stereocenters. The zero-order valence-corrected chi connectivity index (χ0v) is 13.3. The predicted molar refractivity (Wildman–Crippen MR) is 86.0 cm³/mol. The molecule has 2 aromatic rings. The highest BCUT2D eigenvalue weighted by Crippen LogP contribution is 2.32. The molecule has 1 aliphatic carbocycles. The van der Waals surface area contributed by atoms with Crippen molar-refractivity contribution in [3.63, 3.8) is 0 Å². The topological polar surface area (TPSA) is 88.1 Å². The van der Waals surface area contributed by atoms with E-state index in [9.17, 15) is 14.4 Å². The fourth-order valence-corrected chi connectivity index (χ4v) is 4.35. The number of hydrogen-bond acceptors (Lipinski definition) is 6. The number of fused-ring (bicyclic) bond motifs is 1. The molecule has 0 spiro atoms. The molecule has 2 aromatic heterocycles. The highest BCUT2D eigenvalue weighted by Gasteiger charge is 2.30. The molecule has 1 saturated carbocycles. The Morgan fingerprint density at radius 1 is 1.23 bits per heavy atom. The molecular weight excluding hydrogens is 324 g/mol. The Balaban J connectivity index is 1.81. The van der Waals surface area contributed by atoms with Gasteiger partial charge in [-0.25, -0.2) is 4.79 Å². The standard InChI is InChI=1S/C13H14N4O3S2/c18-11-9-8(14-13(20)17(11)7-1-2-7)10(22-15-9)12(19)16-3-5-21-6-4-16/h7H,1-6H2,(H,14,20). The van der Waals surface area contributed by atoms with E-state index >= 15 is 0 Å². The average molecular weight is 338 g/mol. The Bertz CT molecular complexity index is 858. The number of nitrogens with one attached hydrogen (secondary N) is 1. The number of hydrogen-bond donors (Lipinski definition) is 1. The third-order valence-electron chi connectivity index (χ3n) is 3.97. The van der Waals surface area contributed by atoms with Gasteiger partial charge in [0.2, 0.25) is 0 Å². The van der Waals surface area contributed by atoms with Gasteiger partial charge in [-0.2, -0.15) is 16.1 Å². The fourth-order valence-electron chi connectivity index (χ4n) is 2.65. The van der Waals surface area contributed by atoms with Crippen molar-refractivity contribution in [3.05, 3.63) is 25.7 Å². The molecule has 116 valence electrons. The monoisotopic (exact) mass is 338 g/mol. The Kier molecular flexibility index (Phi) is 3.33. The molecule has 1 amide bonds. The highest BCUT2D eigenvalue weighted by molar-refractivity contribution is 7.99. The van der Waals surface area contributed by atoms with Crippen LogP contribution in [0.3, 0.4) is 0 Å². The number of H-pyrrole nitrogens is 1. The number of amides is 1. The molecule has 4 rings (SSSR count). The number of carbonyl (C=O) groups excluding carboxylic acids is 1. The summed E-state index contributed by atoms with van der Waals surface area (Å²) >= 11 is 2.81. The van der Waals surface area contributed by atoms with Gasteiger partial charge in [-0.3, -0.25) is 14.2 Å². The summed E-state index contributed by atoms with van der Waals surface area (Å²) in [6, 6.07) is -0.0133. The molecule has 0 radical (unpaired) electrons. The number of aromatic nitrogens is 3. The van der Waals surface area contributed by atoms with Crippen LogP contribution >= 0.6 is 23.3 Å². The largest absolute Gasteiger partial charge is 0.336 e. The van der Waals surface area contributed by atoms with Crippen molar-refractivity contribution in [1.82, 2.24) is 18.8 Å². The quantitative estimate of drug-likeness (QED) is 0.869. The van der Waals surface area contributed by atoms with Crippen LogP contribution < -0.4 is 11.2 Å². The van der Waals surface area contributed by atoms with E-state index in [4.69, 9.17) is 0 Å². The van der Waals surface area contributed by atoms with E-state index in [2.05, 4.69) is 9.36 Å². The van der Waals surface area contributed by atoms with E-state index in [1.165, 1.54) is 4.57 Å². The molecule has 1 N–H and O–H groups in total. The highest BCUT2D eigenvalue weighted by atomic mass is 32.2. The van der Waals surface area contributed by atoms with Crippen molar-refractivity contribution in [2.24, 2.45) is 0 Å². The molecule has 1 saturated heterocycles. The Labute approximate surface area is 133 Å². The normalized spacial score (nSPS) is 18.8. The summed E-state index contributed by atoms with van der Waals surface area (Å²) in [6.45, 7) is 1.37. The van der Waals surface area contributed by atoms with Crippen molar-refractivity contribution in [2.45, 2.75) is 18.9 Å². The van der Waals surface area contributed by atoms with Crippen molar-refractivity contribution in [2.75, 3.05) is 24.6 Å². The minimum absolute atomic E-state index is 0.0133. The van der Waals surface area contributed by atoms with E-state index in [1.807, 2.05) is 11.8 Å². The molecule has 2 fully saturated rings. The summed E-state index contributed by atoms with van der Waals surface area (Å²) in [4.78, 5) is 41.9. The van der Waals surface area contributed by atoms with Gasteiger partial charge in [0, 0.05) is 30.6 Å². The SMILES string of the molecule is O=C(c1snc2c(=O)n(C3CC3)c(=O)[nH]c12)N1CCSCC1. The summed E-state index contributed by atoms with van der Waals surface area (Å²) in [7, 11) is 0. The maximum atomic E-state index is 12.6. The van der Waals surface area contributed by atoms with Crippen LogP contribution in [0.15, 0.2) is 9.59 Å². The van der Waals surface area contributed by atoms with Crippen LogP contribution in [0.1, 0.15) is 28.6 Å². The van der Waals surface area contributed by atoms with Crippen molar-refractivity contribution < 1.29 is 4.79 Å². The van der Waals surface area contributed by atoms with E-state index in [1.54, 1.807) is 4.90 Å². The van der Waals surface area contributed by atoms with Crippen LogP contribution in [0.25, 0.3) is 11.0 Å². The van der Waals surface area contributed by atoms with Crippen LogP contribution in [-0.2, 0) is 0 Å². The molecule has 0 bridgehead atoms. The molecule has 22 heavy (non-hydrogen) atoms. The van der Waals surface area contributed by atoms with Gasteiger partial charge < -0.3 is 9.88 Å². The molecule has 7 nitrogen and oxygen atoms in total. The van der Waals surface area contributed by atoms with Crippen molar-refractivity contribution in [3.8, 4) is 0 Å². The molecule has 0 aromatic carbocycles. The second kappa shape index (κ2) is 5.24. The first-order valence-electron chi connectivity index (χ1n) is 7.18. The van der Waals surface area contributed by atoms with Gasteiger partial charge in [0.1, 0.15) is 4.88 Å². The molecule has 2 aliphatic rings. The van der Waals surface area contributed by atoms with E-state index in [-0.39, 0.29) is 23.0 Å². The number of aromatic amines is 1. The first-order valence-corrected chi connectivity index (χ1v) is 9.11. The second-order valence-electron chi connectivity index (χ2n) is 5.48. The lowest BCUT2D eigenvalue weighted by atomic mass is 10.3. The maximum Gasteiger partial charge on any atom is 0.329 e. The number of carbonyl (C=O) groups is 1. The summed E-state index contributed by atoms with van der Waals surface area (Å²) in [5.74, 6) is 1.67. The summed E-state index contributed by atoms with van der Waals surface area (Å²) in [6.07, 6.45) is 1.69. The lowest BCUT2D eigenvalue weighted by Crippen LogP contribution is -2.38. The summed E-state index contributed by atoms with van der Waals surface area (Å²) < 4.78 is 5.36. The zero-order chi connectivity index (χ0) is 15.3. The van der Waals surface area contributed by atoms with Crippen LogP contribution in [0, 0.1) is 0 Å². The first-order chi connectivity index (χ1) is 10.7. The second-order valence-corrected chi connectivity index (χ2v) is 7.47. The molecule has 3 heterocycles. The van der Waals surface area contributed by atoms with Gasteiger partial charge in [0.25, 0.3) is 11.5 Å². The van der Waals surface area contributed by atoms with Crippen molar-refractivity contribution >= 4 is 40.2 Å². The van der Waals surface area contributed by atoms with E-state index in [0.717, 1.165) is 35.9 Å². The lowest BCUT2D eigenvalue weighted by molar-refractivity contribution is 0.0778. The minimum Gasteiger partial charge on any atom is -0.336 e. The number of thioether (sulfide) groups is 1.